The van der Waals surface area contributed by atoms with Gasteiger partial charge >= 0.3 is 0 Å². The Morgan fingerprint density at radius 1 is 1.10 bits per heavy atom. The quantitative estimate of drug-likeness (QED) is 0.759. The van der Waals surface area contributed by atoms with Crippen LogP contribution in [0.5, 0.6) is 0 Å². The van der Waals surface area contributed by atoms with E-state index in [1.165, 1.54) is 6.20 Å². The molecule has 1 aliphatic heterocycles. The maximum atomic E-state index is 12.8. The number of hydrogen-bond acceptors (Lipinski definition) is 5. The largest absolute Gasteiger partial charge is 0.338 e. The van der Waals surface area contributed by atoms with E-state index in [4.69, 9.17) is 4.98 Å². The normalized spacial score (nSPS) is 18.1. The van der Waals surface area contributed by atoms with Gasteiger partial charge in [-0.2, -0.15) is 0 Å². The summed E-state index contributed by atoms with van der Waals surface area (Å²) in [5.41, 5.74) is 0.921. The average molecular weight is 397 g/mol. The number of hydrogen-bond donors (Lipinski definition) is 2. The number of piperidine rings is 1. The number of H-pyrrole nitrogens is 2. The van der Waals surface area contributed by atoms with Crippen molar-refractivity contribution in [1.29, 1.82) is 0 Å². The maximum Gasteiger partial charge on any atom is 0.263 e. The van der Waals surface area contributed by atoms with Crippen molar-refractivity contribution in [2.24, 2.45) is 0 Å². The highest BCUT2D eigenvalue weighted by Crippen LogP contribution is 2.44. The molecule has 0 saturated carbocycles. The number of nitrogens with one attached hydrogen (secondary N) is 2. The lowest BCUT2D eigenvalue weighted by molar-refractivity contribution is 0.0661. The number of rotatable bonds is 1. The monoisotopic (exact) mass is 397 g/mol. The highest BCUT2D eigenvalue weighted by molar-refractivity contribution is 5.93. The Morgan fingerprint density at radius 3 is 2.41 bits per heavy atom. The summed E-state index contributed by atoms with van der Waals surface area (Å²) in [4.78, 5) is 53.7. The summed E-state index contributed by atoms with van der Waals surface area (Å²) in [6.45, 7) is 8.85. The van der Waals surface area contributed by atoms with Crippen LogP contribution in [0, 0.1) is 6.92 Å². The molecule has 0 unspecified atom stereocenters. The summed E-state index contributed by atoms with van der Waals surface area (Å²) >= 11 is 0. The molecule has 1 spiro atoms. The first-order valence-corrected chi connectivity index (χ1v) is 10.1. The molecule has 1 amide bonds. The third-order valence-corrected chi connectivity index (χ3v) is 6.25. The van der Waals surface area contributed by atoms with E-state index in [2.05, 4.69) is 15.0 Å². The van der Waals surface area contributed by atoms with Gasteiger partial charge in [0.05, 0.1) is 5.69 Å². The molecule has 154 valence electrons. The fraction of sp³-hybridized carbons (Fsp3) is 0.571. The van der Waals surface area contributed by atoms with Crippen LogP contribution in [0.25, 0.3) is 0 Å². The van der Waals surface area contributed by atoms with E-state index in [0.717, 1.165) is 36.9 Å². The molecule has 8 nitrogen and oxygen atoms in total. The Kier molecular flexibility index (Phi) is 4.47. The van der Waals surface area contributed by atoms with Crippen molar-refractivity contribution in [1.82, 2.24) is 24.8 Å². The molecule has 1 aliphatic carbocycles. The summed E-state index contributed by atoms with van der Waals surface area (Å²) in [6.07, 6.45) is 4.42. The van der Waals surface area contributed by atoms with Crippen LogP contribution < -0.4 is 11.1 Å². The van der Waals surface area contributed by atoms with Crippen LogP contribution in [0.2, 0.25) is 0 Å². The predicted octanol–water partition coefficient (Wildman–Crippen LogP) is 1.58. The fourth-order valence-corrected chi connectivity index (χ4v) is 4.44. The van der Waals surface area contributed by atoms with Crippen LogP contribution in [0.3, 0.4) is 0 Å². The summed E-state index contributed by atoms with van der Waals surface area (Å²) in [5.74, 6) is 0.900. The molecule has 29 heavy (non-hydrogen) atoms. The van der Waals surface area contributed by atoms with Crippen molar-refractivity contribution < 1.29 is 4.79 Å². The summed E-state index contributed by atoms with van der Waals surface area (Å²) < 4.78 is 0. The van der Waals surface area contributed by atoms with Gasteiger partial charge in [-0.25, -0.2) is 9.97 Å². The Labute approximate surface area is 168 Å². The van der Waals surface area contributed by atoms with Gasteiger partial charge in [-0.15, -0.1) is 0 Å². The van der Waals surface area contributed by atoms with E-state index in [9.17, 15) is 14.4 Å². The predicted molar refractivity (Wildman–Crippen MR) is 108 cm³/mol. The number of carbonyl (C=O) groups excluding carboxylic acids is 1. The van der Waals surface area contributed by atoms with Crippen LogP contribution >= 0.6 is 0 Å². The minimum Gasteiger partial charge on any atom is -0.338 e. The van der Waals surface area contributed by atoms with Gasteiger partial charge in [0.25, 0.3) is 17.0 Å². The molecule has 2 aromatic heterocycles. The smallest absolute Gasteiger partial charge is 0.263 e. The molecule has 0 radical (unpaired) electrons. The van der Waals surface area contributed by atoms with Crippen LogP contribution in [0.4, 0.5) is 0 Å². The van der Waals surface area contributed by atoms with Crippen LogP contribution in [0.15, 0.2) is 15.8 Å². The van der Waals surface area contributed by atoms with E-state index >= 15 is 0 Å². The first-order chi connectivity index (χ1) is 13.6. The second-order valence-corrected chi connectivity index (χ2v) is 9.28. The zero-order valence-electron chi connectivity index (χ0n) is 17.4. The van der Waals surface area contributed by atoms with E-state index < -0.39 is 5.56 Å². The van der Waals surface area contributed by atoms with Gasteiger partial charge in [0.2, 0.25) is 0 Å². The molecule has 2 N–H and O–H groups in total. The number of amides is 1. The van der Waals surface area contributed by atoms with Crippen molar-refractivity contribution in [3.8, 4) is 0 Å². The maximum absolute atomic E-state index is 12.8. The number of fused-ring (bicyclic) bond motifs is 2. The number of nitrogens with zero attached hydrogens (tertiary/aromatic N) is 3. The highest BCUT2D eigenvalue weighted by atomic mass is 16.2. The van der Waals surface area contributed by atoms with Crippen LogP contribution in [-0.2, 0) is 17.3 Å². The molecular formula is C21H27N5O3. The van der Waals surface area contributed by atoms with Crippen LogP contribution in [0.1, 0.15) is 73.3 Å². The van der Waals surface area contributed by atoms with Crippen molar-refractivity contribution in [3.05, 3.63) is 55.4 Å². The van der Waals surface area contributed by atoms with Gasteiger partial charge in [0.15, 0.2) is 0 Å². The molecule has 0 bridgehead atoms. The number of aryl methyl sites for hydroxylation is 1. The molecule has 2 aromatic rings. The molecule has 1 saturated heterocycles. The Morgan fingerprint density at radius 2 is 1.79 bits per heavy atom. The lowest BCUT2D eigenvalue weighted by Crippen LogP contribution is -2.46. The summed E-state index contributed by atoms with van der Waals surface area (Å²) in [6, 6.07) is 0. The van der Waals surface area contributed by atoms with Crippen molar-refractivity contribution in [2.45, 2.75) is 64.2 Å². The first-order valence-electron chi connectivity index (χ1n) is 10.1. The Bertz CT molecular complexity index is 1080. The minimum atomic E-state index is -0.406. The molecule has 8 heteroatoms. The second kappa shape index (κ2) is 6.64. The van der Waals surface area contributed by atoms with Gasteiger partial charge < -0.3 is 14.9 Å². The third-order valence-electron chi connectivity index (χ3n) is 6.25. The third kappa shape index (κ3) is 3.30. The average Bonchev–Trinajstić information content (AvgIpc) is 3.00. The second-order valence-electron chi connectivity index (χ2n) is 9.28. The van der Waals surface area contributed by atoms with Crippen molar-refractivity contribution in [3.63, 3.8) is 0 Å². The highest BCUT2D eigenvalue weighted by Gasteiger charge is 2.45. The fourth-order valence-electron chi connectivity index (χ4n) is 4.44. The Balaban J connectivity index is 1.59. The number of aromatic amines is 2. The van der Waals surface area contributed by atoms with Gasteiger partial charge in [0.1, 0.15) is 17.2 Å². The summed E-state index contributed by atoms with van der Waals surface area (Å²) in [7, 11) is 0. The number of aromatic nitrogens is 4. The molecule has 0 atom stereocenters. The van der Waals surface area contributed by atoms with Gasteiger partial charge in [0, 0.05) is 35.7 Å². The lowest BCUT2D eigenvalue weighted by Gasteiger charge is -2.39. The van der Waals surface area contributed by atoms with Gasteiger partial charge in [-0.05, 0) is 32.6 Å². The topological polar surface area (TPSA) is 112 Å². The molecule has 4 rings (SSSR count). The molecular weight excluding hydrogens is 370 g/mol. The minimum absolute atomic E-state index is 0.0347. The van der Waals surface area contributed by atoms with Gasteiger partial charge in [-0.3, -0.25) is 14.4 Å². The lowest BCUT2D eigenvalue weighted by atomic mass is 9.76. The van der Waals surface area contributed by atoms with Crippen LogP contribution in [-0.4, -0.2) is 43.8 Å². The van der Waals surface area contributed by atoms with Crippen molar-refractivity contribution >= 4 is 5.91 Å². The van der Waals surface area contributed by atoms with E-state index in [1.807, 2.05) is 20.8 Å². The molecule has 2 aliphatic rings. The zero-order chi connectivity index (χ0) is 21.0. The first kappa shape index (κ1) is 19.5. The Hall–Kier alpha value is -2.77. The summed E-state index contributed by atoms with van der Waals surface area (Å²) in [5, 5.41) is 0. The number of likely N-dealkylation sites (tertiary alicyclic amines) is 1. The zero-order valence-corrected chi connectivity index (χ0v) is 17.4. The van der Waals surface area contributed by atoms with E-state index in [0.29, 0.717) is 24.7 Å². The molecule has 0 aromatic carbocycles. The van der Waals surface area contributed by atoms with Gasteiger partial charge in [-0.1, -0.05) is 20.8 Å². The molecule has 1 fully saturated rings. The standard InChI is InChI=1S/C21H27N5O3/c1-12-22-11-14(17(28)23-12)18(29)26-9-7-21(8-10-26)6-5-13-15(21)24-19(20(2,3)4)25-16(13)27/h11H,5-10H2,1-4H3,(H,22,23,28)(H,24,25,27). The SMILES string of the molecule is Cc1ncc(C(=O)N2CCC3(CCc4c3nc(C(C)(C)C)[nH]c4=O)CC2)c(=O)[nH]1. The van der Waals surface area contributed by atoms with Crippen molar-refractivity contribution in [2.75, 3.05) is 13.1 Å². The number of carbonyl (C=O) groups is 1. The van der Waals surface area contributed by atoms with E-state index in [1.54, 1.807) is 11.8 Å². The van der Waals surface area contributed by atoms with E-state index in [-0.39, 0.29) is 27.9 Å². The molecule has 3 heterocycles.